The zero-order chi connectivity index (χ0) is 42.9. The number of hydrogen-bond donors (Lipinski definition) is 0. The van der Waals surface area contributed by atoms with Gasteiger partial charge in [0.2, 0.25) is 0 Å². The van der Waals surface area contributed by atoms with Crippen molar-refractivity contribution < 1.29 is 0 Å². The van der Waals surface area contributed by atoms with E-state index in [4.69, 9.17) is 0 Å². The normalized spacial score (nSPS) is 14.4. The average Bonchev–Trinajstić information content (AvgIpc) is 3.99. The Morgan fingerprint density at radius 3 is 1.53 bits per heavy atom. The van der Waals surface area contributed by atoms with Crippen LogP contribution in [0.3, 0.4) is 0 Å². The summed E-state index contributed by atoms with van der Waals surface area (Å²) in [5, 5.41) is 5.08. The van der Waals surface area contributed by atoms with Gasteiger partial charge in [0, 0.05) is 43.7 Å². The Labute approximate surface area is 374 Å². The zero-order valence-corrected chi connectivity index (χ0v) is 36.5. The van der Waals surface area contributed by atoms with Crippen LogP contribution in [0, 0.1) is 0 Å². The summed E-state index contributed by atoms with van der Waals surface area (Å²) in [6, 6.07) is 72.3. The van der Waals surface area contributed by atoms with Gasteiger partial charge in [-0.15, -0.1) is 0 Å². The van der Waals surface area contributed by atoms with Crippen molar-refractivity contribution in [2.24, 2.45) is 0 Å². The summed E-state index contributed by atoms with van der Waals surface area (Å²) in [7, 11) is 0. The molecule has 2 heterocycles. The Morgan fingerprint density at radius 2 is 0.781 bits per heavy atom. The van der Waals surface area contributed by atoms with Crippen LogP contribution in [0.5, 0.6) is 0 Å². The third-order valence-electron chi connectivity index (χ3n) is 14.7. The second-order valence-corrected chi connectivity index (χ2v) is 19.0. The lowest BCUT2D eigenvalue weighted by Gasteiger charge is -2.22. The maximum Gasteiger partial charge on any atom is 0.0541 e. The van der Waals surface area contributed by atoms with E-state index >= 15 is 0 Å². The fraction of sp³-hybridized carbons (Fsp3) is 0.0968. The van der Waals surface area contributed by atoms with Crippen LogP contribution in [0.15, 0.2) is 194 Å². The molecular weight excluding hydrogens is 773 g/mol. The quantitative estimate of drug-likeness (QED) is 0.153. The fourth-order valence-electron chi connectivity index (χ4n) is 11.4. The van der Waals surface area contributed by atoms with Crippen LogP contribution < -0.4 is 0 Å². The number of nitrogens with zero attached hydrogens (tertiary/aromatic N) is 2. The van der Waals surface area contributed by atoms with Gasteiger partial charge in [0.05, 0.1) is 22.1 Å². The minimum Gasteiger partial charge on any atom is -0.309 e. The van der Waals surface area contributed by atoms with Gasteiger partial charge in [-0.05, 0) is 133 Å². The highest BCUT2D eigenvalue weighted by Crippen LogP contribution is 2.52. The van der Waals surface area contributed by atoms with Crippen molar-refractivity contribution in [3.63, 3.8) is 0 Å². The molecule has 9 aromatic carbocycles. The maximum atomic E-state index is 2.46. The molecule has 0 saturated carbocycles. The number of fused-ring (bicyclic) bond motifs is 12. The van der Waals surface area contributed by atoms with Gasteiger partial charge >= 0.3 is 0 Å². The van der Waals surface area contributed by atoms with E-state index in [0.717, 1.165) is 0 Å². The lowest BCUT2D eigenvalue weighted by molar-refractivity contribution is 0.660. The van der Waals surface area contributed by atoms with E-state index in [2.05, 4.69) is 243 Å². The summed E-state index contributed by atoms with van der Waals surface area (Å²) < 4.78 is 4.83. The van der Waals surface area contributed by atoms with Gasteiger partial charge in [0.15, 0.2) is 0 Å². The van der Waals surface area contributed by atoms with Crippen LogP contribution in [-0.2, 0) is 10.8 Å². The predicted octanol–water partition coefficient (Wildman–Crippen LogP) is 16.3. The molecule has 64 heavy (non-hydrogen) atoms. The first-order valence-corrected chi connectivity index (χ1v) is 22.6. The standard InChI is InChI=1S/C62H46N2/c1-61(2)53-19-11-8-16-45(53)48-31-28-44(38-56(48)61)64-58-21-13-10-18-50(58)52-36-41(27-33-60(52)64)42-26-30-47-46-29-24-40(35-54(46)62(3,4)55(47)37-42)23-22-39-25-32-59-51(34-39)49-17-9-12-20-57(49)63(59)43-14-6-5-7-15-43/h5-38H,1-4H3. The molecule has 2 nitrogen and oxygen atoms in total. The Hall–Kier alpha value is -7.68. The lowest BCUT2D eigenvalue weighted by atomic mass is 9.81. The van der Waals surface area contributed by atoms with Crippen molar-refractivity contribution in [2.45, 2.75) is 38.5 Å². The molecule has 13 rings (SSSR count). The maximum absolute atomic E-state index is 2.46. The smallest absolute Gasteiger partial charge is 0.0541 e. The van der Waals surface area contributed by atoms with Crippen LogP contribution in [0.2, 0.25) is 0 Å². The molecule has 0 bridgehead atoms. The molecule has 0 aliphatic heterocycles. The predicted molar refractivity (Wildman–Crippen MR) is 271 cm³/mol. The average molecular weight is 819 g/mol. The van der Waals surface area contributed by atoms with E-state index in [1.165, 1.54) is 122 Å². The number of aromatic nitrogens is 2. The molecule has 0 atom stereocenters. The van der Waals surface area contributed by atoms with Crippen molar-refractivity contribution >= 4 is 55.8 Å². The molecule has 0 amide bonds. The van der Waals surface area contributed by atoms with E-state index in [-0.39, 0.29) is 10.8 Å². The van der Waals surface area contributed by atoms with Crippen LogP contribution in [0.25, 0.3) is 101 Å². The summed E-state index contributed by atoms with van der Waals surface area (Å²) in [6.07, 6.45) is 4.54. The second kappa shape index (κ2) is 13.4. The van der Waals surface area contributed by atoms with E-state index in [1.807, 2.05) is 0 Å². The molecule has 0 radical (unpaired) electrons. The molecule has 0 saturated heterocycles. The van der Waals surface area contributed by atoms with E-state index in [9.17, 15) is 0 Å². The second-order valence-electron chi connectivity index (χ2n) is 19.0. The summed E-state index contributed by atoms with van der Waals surface area (Å²) in [6.45, 7) is 9.50. The minimum atomic E-state index is -0.149. The number of para-hydroxylation sites is 3. The van der Waals surface area contributed by atoms with Crippen molar-refractivity contribution in [2.75, 3.05) is 0 Å². The third kappa shape index (κ3) is 5.26. The van der Waals surface area contributed by atoms with Gasteiger partial charge in [-0.1, -0.05) is 167 Å². The molecule has 0 fully saturated rings. The van der Waals surface area contributed by atoms with Crippen molar-refractivity contribution in [3.8, 4) is 44.8 Å². The highest BCUT2D eigenvalue weighted by molar-refractivity contribution is 6.11. The first kappa shape index (κ1) is 36.9. The molecule has 0 unspecified atom stereocenters. The monoisotopic (exact) mass is 818 g/mol. The number of hydrogen-bond acceptors (Lipinski definition) is 0. The van der Waals surface area contributed by atoms with E-state index in [1.54, 1.807) is 0 Å². The Bertz CT molecular complexity index is 3770. The van der Waals surface area contributed by atoms with Gasteiger partial charge in [-0.25, -0.2) is 0 Å². The third-order valence-corrected chi connectivity index (χ3v) is 14.7. The summed E-state index contributed by atoms with van der Waals surface area (Å²) in [4.78, 5) is 0. The highest BCUT2D eigenvalue weighted by atomic mass is 15.0. The molecule has 0 N–H and O–H groups in total. The Morgan fingerprint density at radius 1 is 0.312 bits per heavy atom. The van der Waals surface area contributed by atoms with Crippen LogP contribution >= 0.6 is 0 Å². The van der Waals surface area contributed by atoms with Gasteiger partial charge in [-0.3, -0.25) is 0 Å². The molecular formula is C62H46N2. The zero-order valence-electron chi connectivity index (χ0n) is 36.5. The topological polar surface area (TPSA) is 9.86 Å². The van der Waals surface area contributed by atoms with Crippen LogP contribution in [0.1, 0.15) is 61.1 Å². The van der Waals surface area contributed by atoms with Gasteiger partial charge < -0.3 is 9.13 Å². The Kier molecular flexibility index (Phi) is 7.74. The summed E-state index contributed by atoms with van der Waals surface area (Å²) in [5.41, 5.74) is 22.9. The van der Waals surface area contributed by atoms with E-state index in [0.29, 0.717) is 0 Å². The first-order valence-electron chi connectivity index (χ1n) is 22.6. The van der Waals surface area contributed by atoms with Gasteiger partial charge in [-0.2, -0.15) is 0 Å². The molecule has 0 spiro atoms. The molecule has 2 aliphatic rings. The van der Waals surface area contributed by atoms with Crippen LogP contribution in [-0.4, -0.2) is 9.13 Å². The first-order chi connectivity index (χ1) is 31.2. The van der Waals surface area contributed by atoms with Crippen molar-refractivity contribution in [1.82, 2.24) is 9.13 Å². The Balaban J connectivity index is 0.834. The number of rotatable bonds is 5. The van der Waals surface area contributed by atoms with Crippen molar-refractivity contribution in [1.29, 1.82) is 0 Å². The highest BCUT2D eigenvalue weighted by Gasteiger charge is 2.37. The molecule has 2 aromatic heterocycles. The molecule has 2 aliphatic carbocycles. The lowest BCUT2D eigenvalue weighted by Crippen LogP contribution is -2.15. The summed E-state index contributed by atoms with van der Waals surface area (Å²) in [5.74, 6) is 0. The largest absolute Gasteiger partial charge is 0.309 e. The van der Waals surface area contributed by atoms with Gasteiger partial charge in [0.1, 0.15) is 0 Å². The minimum absolute atomic E-state index is 0.0595. The van der Waals surface area contributed by atoms with Crippen molar-refractivity contribution in [3.05, 3.63) is 228 Å². The molecule has 11 aromatic rings. The molecule has 304 valence electrons. The number of benzene rings is 9. The summed E-state index contributed by atoms with van der Waals surface area (Å²) >= 11 is 0. The molecule has 2 heteroatoms. The van der Waals surface area contributed by atoms with Crippen LogP contribution in [0.4, 0.5) is 0 Å². The fourth-order valence-corrected chi connectivity index (χ4v) is 11.4. The van der Waals surface area contributed by atoms with Gasteiger partial charge in [0.25, 0.3) is 0 Å². The van der Waals surface area contributed by atoms with E-state index < -0.39 is 0 Å². The SMILES string of the molecule is CC1(C)c2cc(C=Cc3ccc4c(c3)c3ccccc3n4-c3ccccc3)ccc2-c2ccc(-c3ccc4c(c3)c3ccccc3n4-c3ccc4c(c3)C(C)(C)c3ccccc3-4)cc21.